The van der Waals surface area contributed by atoms with Crippen LogP contribution in [0.1, 0.15) is 29.4 Å². The van der Waals surface area contributed by atoms with Crippen molar-refractivity contribution < 1.29 is 23.9 Å². The molecule has 31 heavy (non-hydrogen) atoms. The number of carbonyl (C=O) groups excluding carboxylic acids is 3. The van der Waals surface area contributed by atoms with Crippen molar-refractivity contribution in [3.05, 3.63) is 49.2 Å². The minimum atomic E-state index is -0.594. The zero-order valence-electron chi connectivity index (χ0n) is 16.8. The summed E-state index contributed by atoms with van der Waals surface area (Å²) in [6, 6.07) is 3.75. The first kappa shape index (κ1) is 22.9. The summed E-state index contributed by atoms with van der Waals surface area (Å²) in [7, 11) is 0. The maximum atomic E-state index is 12.5. The van der Waals surface area contributed by atoms with Gasteiger partial charge in [-0.25, -0.2) is 4.79 Å². The van der Waals surface area contributed by atoms with E-state index in [-0.39, 0.29) is 30.0 Å². The van der Waals surface area contributed by atoms with Crippen molar-refractivity contribution in [2.45, 2.75) is 26.8 Å². The summed E-state index contributed by atoms with van der Waals surface area (Å²) in [5.41, 5.74) is 1.73. The molecular weight excluding hydrogens is 460 g/mol. The highest BCUT2D eigenvalue weighted by Gasteiger charge is 2.23. The molecule has 0 fully saturated rings. The van der Waals surface area contributed by atoms with Crippen LogP contribution >= 0.6 is 34.0 Å². The van der Waals surface area contributed by atoms with Crippen molar-refractivity contribution >= 4 is 56.9 Å². The lowest BCUT2D eigenvalue weighted by Crippen LogP contribution is -2.23. The number of esters is 2. The number of thiophene rings is 2. The Labute approximate surface area is 190 Å². The monoisotopic (exact) mass is 480 g/mol. The van der Waals surface area contributed by atoms with E-state index >= 15 is 0 Å². The molecule has 0 aliphatic heterocycles. The van der Waals surface area contributed by atoms with Crippen LogP contribution < -0.4 is 10.2 Å². The zero-order valence-corrected chi connectivity index (χ0v) is 19.3. The highest BCUT2D eigenvalue weighted by atomic mass is 32.1. The van der Waals surface area contributed by atoms with Gasteiger partial charge in [-0.15, -0.1) is 22.7 Å². The highest BCUT2D eigenvalue weighted by Crippen LogP contribution is 2.38. The third kappa shape index (κ3) is 5.69. The Morgan fingerprint density at radius 2 is 1.94 bits per heavy atom. The van der Waals surface area contributed by atoms with Gasteiger partial charge in [0.05, 0.1) is 13.0 Å². The fourth-order valence-corrected chi connectivity index (χ4v) is 5.28. The fourth-order valence-electron chi connectivity index (χ4n) is 2.73. The van der Waals surface area contributed by atoms with E-state index in [1.807, 2.05) is 17.5 Å². The first-order valence-corrected chi connectivity index (χ1v) is 12.0. The molecular formula is C20H20N2O6S3. The molecule has 11 heteroatoms. The molecule has 0 aromatic carbocycles. The zero-order chi connectivity index (χ0) is 22.4. The van der Waals surface area contributed by atoms with E-state index in [1.165, 1.54) is 27.2 Å². The molecule has 0 unspecified atom stereocenters. The topological polar surface area (TPSA) is 104 Å². The quantitative estimate of drug-likeness (QED) is 0.468. The van der Waals surface area contributed by atoms with Crippen molar-refractivity contribution in [3.8, 4) is 10.4 Å². The minimum Gasteiger partial charge on any atom is -0.462 e. The van der Waals surface area contributed by atoms with E-state index in [1.54, 1.807) is 24.6 Å². The van der Waals surface area contributed by atoms with Gasteiger partial charge < -0.3 is 19.4 Å². The normalized spacial score (nSPS) is 10.6. The molecule has 3 aromatic rings. The van der Waals surface area contributed by atoms with E-state index in [2.05, 4.69) is 5.32 Å². The number of amides is 1. The standard InChI is InChI=1S/C20H20N2O6S3/c1-3-27-19(25)17-13(14-5-4-8-29-14)11-30-18(17)21-15(23)9-28-16(24)6-7-22-12(2)10-31-20(22)26/h4-5,8,10-11H,3,6-7,9H2,1-2H3,(H,21,23). The molecule has 0 bridgehead atoms. The number of thiazole rings is 1. The lowest BCUT2D eigenvalue weighted by molar-refractivity contribution is -0.147. The van der Waals surface area contributed by atoms with Crippen LogP contribution in [-0.4, -0.2) is 35.6 Å². The largest absolute Gasteiger partial charge is 0.462 e. The smallest absolute Gasteiger partial charge is 0.341 e. The summed E-state index contributed by atoms with van der Waals surface area (Å²) >= 11 is 3.74. The number of hydrogen-bond acceptors (Lipinski definition) is 9. The molecule has 0 atom stereocenters. The number of ether oxygens (including phenoxy) is 2. The Hall–Kier alpha value is -2.76. The summed E-state index contributed by atoms with van der Waals surface area (Å²) in [6.07, 6.45) is -0.0274. The maximum absolute atomic E-state index is 12.5. The molecule has 3 rings (SSSR count). The van der Waals surface area contributed by atoms with Crippen LogP contribution in [0, 0.1) is 6.92 Å². The van der Waals surface area contributed by atoms with Crippen LogP contribution in [0.4, 0.5) is 5.00 Å². The SMILES string of the molecule is CCOC(=O)c1c(-c2cccs2)csc1NC(=O)COC(=O)CCn1c(C)csc1=O. The van der Waals surface area contributed by atoms with Crippen molar-refractivity contribution in [2.75, 3.05) is 18.5 Å². The molecule has 1 amide bonds. The number of aromatic nitrogens is 1. The van der Waals surface area contributed by atoms with Crippen LogP contribution in [0.3, 0.4) is 0 Å². The number of anilines is 1. The molecule has 1 N–H and O–H groups in total. The molecule has 0 saturated heterocycles. The number of aryl methyl sites for hydroxylation is 1. The number of rotatable bonds is 9. The summed E-state index contributed by atoms with van der Waals surface area (Å²) in [5, 5.41) is 8.35. The van der Waals surface area contributed by atoms with Gasteiger partial charge in [-0.2, -0.15) is 0 Å². The minimum absolute atomic E-state index is 0.0274. The summed E-state index contributed by atoms with van der Waals surface area (Å²) in [6.45, 7) is 3.39. The van der Waals surface area contributed by atoms with Crippen molar-refractivity contribution in [1.82, 2.24) is 4.57 Å². The molecule has 3 heterocycles. The second-order valence-electron chi connectivity index (χ2n) is 6.30. The third-order valence-electron chi connectivity index (χ3n) is 4.19. The van der Waals surface area contributed by atoms with Crippen LogP contribution in [0.15, 0.2) is 33.1 Å². The Morgan fingerprint density at radius 3 is 2.58 bits per heavy atom. The average molecular weight is 481 g/mol. The number of nitrogens with zero attached hydrogens (tertiary/aromatic N) is 1. The lowest BCUT2D eigenvalue weighted by Gasteiger charge is -2.09. The summed E-state index contributed by atoms with van der Waals surface area (Å²) < 4.78 is 11.6. The van der Waals surface area contributed by atoms with Crippen LogP contribution in [0.2, 0.25) is 0 Å². The fraction of sp³-hybridized carbons (Fsp3) is 0.300. The van der Waals surface area contributed by atoms with Gasteiger partial charge >= 0.3 is 16.8 Å². The van der Waals surface area contributed by atoms with Crippen molar-refractivity contribution in [3.63, 3.8) is 0 Å². The van der Waals surface area contributed by atoms with Gasteiger partial charge in [0.15, 0.2) is 6.61 Å². The Bertz CT molecular complexity index is 1130. The third-order valence-corrected chi connectivity index (χ3v) is 6.87. The van der Waals surface area contributed by atoms with Gasteiger partial charge in [-0.3, -0.25) is 14.4 Å². The van der Waals surface area contributed by atoms with Gasteiger partial charge in [0, 0.05) is 33.4 Å². The van der Waals surface area contributed by atoms with Crippen LogP contribution in [0.25, 0.3) is 10.4 Å². The molecule has 0 radical (unpaired) electrons. The Kier molecular flexibility index (Phi) is 7.77. The van der Waals surface area contributed by atoms with Gasteiger partial charge in [-0.05, 0) is 25.3 Å². The maximum Gasteiger partial charge on any atom is 0.341 e. The molecule has 164 valence electrons. The second kappa shape index (κ2) is 10.5. The number of carbonyl (C=O) groups is 3. The van der Waals surface area contributed by atoms with Gasteiger partial charge in [0.1, 0.15) is 10.6 Å². The predicted molar refractivity (Wildman–Crippen MR) is 121 cm³/mol. The Morgan fingerprint density at radius 1 is 1.13 bits per heavy atom. The van der Waals surface area contributed by atoms with Crippen molar-refractivity contribution in [1.29, 1.82) is 0 Å². The lowest BCUT2D eigenvalue weighted by atomic mass is 10.1. The molecule has 0 aliphatic rings. The molecule has 8 nitrogen and oxygen atoms in total. The Balaban J connectivity index is 1.60. The van der Waals surface area contributed by atoms with E-state index in [4.69, 9.17) is 9.47 Å². The molecule has 3 aromatic heterocycles. The highest BCUT2D eigenvalue weighted by molar-refractivity contribution is 7.17. The first-order chi connectivity index (χ1) is 14.9. The molecule has 0 aliphatic carbocycles. The van der Waals surface area contributed by atoms with Crippen molar-refractivity contribution in [2.24, 2.45) is 0 Å². The number of hydrogen-bond donors (Lipinski definition) is 1. The van der Waals surface area contributed by atoms with Crippen LogP contribution in [0.5, 0.6) is 0 Å². The van der Waals surface area contributed by atoms with Gasteiger partial charge in [0.25, 0.3) is 5.91 Å². The van der Waals surface area contributed by atoms with E-state index in [0.29, 0.717) is 10.6 Å². The first-order valence-electron chi connectivity index (χ1n) is 9.33. The molecule has 0 saturated carbocycles. The predicted octanol–water partition coefficient (Wildman–Crippen LogP) is 3.76. The van der Waals surface area contributed by atoms with Crippen LogP contribution in [-0.2, 0) is 25.6 Å². The van der Waals surface area contributed by atoms with E-state index < -0.39 is 24.5 Å². The summed E-state index contributed by atoms with van der Waals surface area (Å²) in [5.74, 6) is -1.69. The van der Waals surface area contributed by atoms with E-state index in [0.717, 1.165) is 21.9 Å². The molecule has 0 spiro atoms. The second-order valence-corrected chi connectivity index (χ2v) is 8.95. The van der Waals surface area contributed by atoms with E-state index in [9.17, 15) is 19.2 Å². The number of nitrogens with one attached hydrogen (secondary N) is 1. The van der Waals surface area contributed by atoms with Gasteiger partial charge in [0.2, 0.25) is 0 Å². The average Bonchev–Trinajstić information content (AvgIpc) is 3.46. The van der Waals surface area contributed by atoms with Gasteiger partial charge in [-0.1, -0.05) is 17.4 Å². The summed E-state index contributed by atoms with van der Waals surface area (Å²) in [4.78, 5) is 49.1.